The van der Waals surface area contributed by atoms with Crippen LogP contribution in [0.4, 0.5) is 5.69 Å². The van der Waals surface area contributed by atoms with E-state index in [0.717, 1.165) is 18.5 Å². The summed E-state index contributed by atoms with van der Waals surface area (Å²) in [4.78, 5) is 4.92. The van der Waals surface area contributed by atoms with Crippen LogP contribution in [-0.4, -0.2) is 17.6 Å². The standard InChI is InChI=1S/C17H20N2O/c1-10-7-11(2)16-13(8-10)17(18-12-3-4-12)14-9-20-6-5-15(14)19-16/h7-8,12H,3-6,9H2,1-2H3,(H,18,19). The molecule has 2 aromatic rings. The van der Waals surface area contributed by atoms with Crippen molar-refractivity contribution in [3.8, 4) is 0 Å². The quantitative estimate of drug-likeness (QED) is 0.905. The van der Waals surface area contributed by atoms with E-state index in [1.54, 1.807) is 0 Å². The first-order valence-corrected chi connectivity index (χ1v) is 7.49. The minimum Gasteiger partial charge on any atom is -0.381 e. The number of ether oxygens (including phenoxy) is 1. The van der Waals surface area contributed by atoms with Crippen molar-refractivity contribution < 1.29 is 4.74 Å². The summed E-state index contributed by atoms with van der Waals surface area (Å²) in [5.41, 5.74) is 7.50. The molecule has 0 unspecified atom stereocenters. The lowest BCUT2D eigenvalue weighted by atomic mass is 9.99. The van der Waals surface area contributed by atoms with Crippen molar-refractivity contribution in [2.75, 3.05) is 11.9 Å². The maximum absolute atomic E-state index is 5.67. The van der Waals surface area contributed by atoms with E-state index in [9.17, 15) is 0 Å². The van der Waals surface area contributed by atoms with E-state index in [4.69, 9.17) is 9.72 Å². The molecule has 0 bridgehead atoms. The highest BCUT2D eigenvalue weighted by Gasteiger charge is 2.26. The molecule has 1 aromatic carbocycles. The Morgan fingerprint density at radius 2 is 2.10 bits per heavy atom. The molecule has 0 amide bonds. The van der Waals surface area contributed by atoms with Gasteiger partial charge in [0.1, 0.15) is 0 Å². The third-order valence-corrected chi connectivity index (χ3v) is 4.27. The van der Waals surface area contributed by atoms with Gasteiger partial charge in [0.15, 0.2) is 0 Å². The Balaban J connectivity index is 2.01. The zero-order valence-corrected chi connectivity index (χ0v) is 12.1. The number of rotatable bonds is 2. The molecule has 4 rings (SSSR count). The van der Waals surface area contributed by atoms with Crippen molar-refractivity contribution in [2.45, 2.75) is 45.8 Å². The van der Waals surface area contributed by atoms with E-state index >= 15 is 0 Å². The lowest BCUT2D eigenvalue weighted by Crippen LogP contribution is -2.16. The summed E-state index contributed by atoms with van der Waals surface area (Å²) in [5.74, 6) is 0. The van der Waals surface area contributed by atoms with Gasteiger partial charge < -0.3 is 10.1 Å². The number of pyridine rings is 1. The van der Waals surface area contributed by atoms with Gasteiger partial charge in [0.05, 0.1) is 30.1 Å². The van der Waals surface area contributed by atoms with Crippen LogP contribution in [0.25, 0.3) is 10.9 Å². The van der Waals surface area contributed by atoms with Gasteiger partial charge in [-0.1, -0.05) is 11.6 Å². The van der Waals surface area contributed by atoms with Crippen molar-refractivity contribution >= 4 is 16.6 Å². The Kier molecular flexibility index (Phi) is 2.71. The molecule has 20 heavy (non-hydrogen) atoms. The average Bonchev–Trinajstić information content (AvgIpc) is 3.24. The molecule has 1 fully saturated rings. The molecule has 1 aliphatic heterocycles. The second-order valence-electron chi connectivity index (χ2n) is 6.11. The number of hydrogen-bond acceptors (Lipinski definition) is 3. The molecule has 1 aliphatic carbocycles. The largest absolute Gasteiger partial charge is 0.381 e. The molecule has 1 aromatic heterocycles. The maximum Gasteiger partial charge on any atom is 0.0755 e. The van der Waals surface area contributed by atoms with Crippen molar-refractivity contribution in [1.82, 2.24) is 4.98 Å². The Morgan fingerprint density at radius 1 is 1.25 bits per heavy atom. The Labute approximate surface area is 119 Å². The van der Waals surface area contributed by atoms with Gasteiger partial charge in [0.25, 0.3) is 0 Å². The molecule has 3 nitrogen and oxygen atoms in total. The average molecular weight is 268 g/mol. The third-order valence-electron chi connectivity index (χ3n) is 4.27. The zero-order chi connectivity index (χ0) is 13.7. The summed E-state index contributed by atoms with van der Waals surface area (Å²) in [6.07, 6.45) is 3.49. The van der Waals surface area contributed by atoms with E-state index in [1.807, 2.05) is 0 Å². The van der Waals surface area contributed by atoms with Gasteiger partial charge in [0.2, 0.25) is 0 Å². The third kappa shape index (κ3) is 1.97. The van der Waals surface area contributed by atoms with E-state index < -0.39 is 0 Å². The van der Waals surface area contributed by atoms with Crippen LogP contribution in [0.3, 0.4) is 0 Å². The first-order chi connectivity index (χ1) is 9.72. The summed E-state index contributed by atoms with van der Waals surface area (Å²) in [6.45, 7) is 5.80. The van der Waals surface area contributed by atoms with Gasteiger partial charge in [-0.05, 0) is 38.3 Å². The molecule has 0 atom stereocenters. The maximum atomic E-state index is 5.67. The van der Waals surface area contributed by atoms with Crippen molar-refractivity contribution in [3.63, 3.8) is 0 Å². The second kappa shape index (κ2) is 4.45. The van der Waals surface area contributed by atoms with Crippen LogP contribution < -0.4 is 5.32 Å². The molecule has 1 N–H and O–H groups in total. The molecule has 2 heterocycles. The van der Waals surface area contributed by atoms with E-state index in [-0.39, 0.29) is 0 Å². The monoisotopic (exact) mass is 268 g/mol. The summed E-state index contributed by atoms with van der Waals surface area (Å²) in [5, 5.41) is 4.98. The fraction of sp³-hybridized carbons (Fsp3) is 0.471. The van der Waals surface area contributed by atoms with Gasteiger partial charge in [-0.25, -0.2) is 0 Å². The molecule has 2 aliphatic rings. The fourth-order valence-electron chi connectivity index (χ4n) is 3.11. The van der Waals surface area contributed by atoms with Gasteiger partial charge in [-0.2, -0.15) is 0 Å². The number of nitrogens with zero attached hydrogens (tertiary/aromatic N) is 1. The molecule has 0 radical (unpaired) electrons. The number of anilines is 1. The Morgan fingerprint density at radius 3 is 2.90 bits per heavy atom. The highest BCUT2D eigenvalue weighted by molar-refractivity contribution is 5.96. The molecule has 0 spiro atoms. The molecule has 104 valence electrons. The number of benzene rings is 1. The van der Waals surface area contributed by atoms with Crippen LogP contribution in [0.15, 0.2) is 12.1 Å². The number of nitrogens with one attached hydrogen (secondary N) is 1. The van der Waals surface area contributed by atoms with Crippen molar-refractivity contribution in [3.05, 3.63) is 34.5 Å². The smallest absolute Gasteiger partial charge is 0.0755 e. The molecular weight excluding hydrogens is 248 g/mol. The normalized spacial score (nSPS) is 18.1. The number of fused-ring (bicyclic) bond motifs is 2. The molecule has 1 saturated carbocycles. The molecule has 3 heteroatoms. The lowest BCUT2D eigenvalue weighted by molar-refractivity contribution is 0.110. The van der Waals surface area contributed by atoms with Gasteiger partial charge >= 0.3 is 0 Å². The van der Waals surface area contributed by atoms with Gasteiger partial charge in [-0.3, -0.25) is 4.98 Å². The van der Waals surface area contributed by atoms with Crippen molar-refractivity contribution in [2.24, 2.45) is 0 Å². The van der Waals surface area contributed by atoms with Crippen molar-refractivity contribution in [1.29, 1.82) is 0 Å². The molecular formula is C17H20N2O. The number of aryl methyl sites for hydroxylation is 2. The SMILES string of the molecule is Cc1cc(C)c2nc3c(c(NC4CC4)c2c1)COCC3. The number of aromatic nitrogens is 1. The van der Waals surface area contributed by atoms with Crippen LogP contribution in [0.1, 0.15) is 35.2 Å². The highest BCUT2D eigenvalue weighted by Crippen LogP contribution is 2.36. The number of hydrogen-bond donors (Lipinski definition) is 1. The minimum atomic E-state index is 0.646. The predicted molar refractivity (Wildman–Crippen MR) is 81.2 cm³/mol. The van der Waals surface area contributed by atoms with E-state index in [2.05, 4.69) is 31.3 Å². The first kappa shape index (κ1) is 12.2. The zero-order valence-electron chi connectivity index (χ0n) is 12.1. The summed E-state index contributed by atoms with van der Waals surface area (Å²) in [7, 11) is 0. The summed E-state index contributed by atoms with van der Waals surface area (Å²) >= 11 is 0. The van der Waals surface area contributed by atoms with Crippen LogP contribution in [0.2, 0.25) is 0 Å². The minimum absolute atomic E-state index is 0.646. The highest BCUT2D eigenvalue weighted by atomic mass is 16.5. The van der Waals surface area contributed by atoms with Crippen LogP contribution in [-0.2, 0) is 17.8 Å². The first-order valence-electron chi connectivity index (χ1n) is 7.49. The van der Waals surface area contributed by atoms with Gasteiger partial charge in [0, 0.05) is 23.4 Å². The Hall–Kier alpha value is -1.61. The van der Waals surface area contributed by atoms with E-state index in [0.29, 0.717) is 12.6 Å². The molecule has 0 saturated heterocycles. The predicted octanol–water partition coefficient (Wildman–Crippen LogP) is 3.50. The van der Waals surface area contributed by atoms with Crippen LogP contribution in [0.5, 0.6) is 0 Å². The lowest BCUT2D eigenvalue weighted by Gasteiger charge is -2.22. The van der Waals surface area contributed by atoms with Crippen LogP contribution >= 0.6 is 0 Å². The summed E-state index contributed by atoms with van der Waals surface area (Å²) in [6, 6.07) is 5.13. The van der Waals surface area contributed by atoms with Gasteiger partial charge in [-0.15, -0.1) is 0 Å². The summed E-state index contributed by atoms with van der Waals surface area (Å²) < 4.78 is 5.67. The topological polar surface area (TPSA) is 34.2 Å². The van der Waals surface area contributed by atoms with Crippen LogP contribution in [0, 0.1) is 13.8 Å². The Bertz CT molecular complexity index is 689. The second-order valence-corrected chi connectivity index (χ2v) is 6.11. The fourth-order valence-corrected chi connectivity index (χ4v) is 3.11. The van der Waals surface area contributed by atoms with E-state index in [1.165, 1.54) is 46.3 Å².